The van der Waals surface area contributed by atoms with Crippen LogP contribution in [0.4, 0.5) is 0 Å². The number of hydrogen-bond donors (Lipinski definition) is 0. The third-order valence-electron chi connectivity index (χ3n) is 12.1. The first kappa shape index (κ1) is 36.0. The van der Waals surface area contributed by atoms with Crippen LogP contribution in [0.3, 0.4) is 0 Å². The molecule has 2 saturated heterocycles. The lowest BCUT2D eigenvalue weighted by molar-refractivity contribution is -0.0596. The molecular formula is C45H64N4. The summed E-state index contributed by atoms with van der Waals surface area (Å²) in [4.78, 5) is 14.6. The maximum Gasteiger partial charge on any atom is 0.0507 e. The fourth-order valence-corrected chi connectivity index (χ4v) is 8.70. The normalized spacial score (nSPS) is 19.3. The predicted octanol–water partition coefficient (Wildman–Crippen LogP) is 11.0. The second-order valence-electron chi connectivity index (χ2n) is 16.4. The molecule has 0 unspecified atom stereocenters. The average Bonchev–Trinajstić information content (AvgIpc) is 3.84. The molecule has 4 heteroatoms. The van der Waals surface area contributed by atoms with Gasteiger partial charge in [0.2, 0.25) is 0 Å². The van der Waals surface area contributed by atoms with E-state index in [-0.39, 0.29) is 0 Å². The van der Waals surface area contributed by atoms with Crippen molar-refractivity contribution >= 4 is 21.5 Å². The van der Waals surface area contributed by atoms with E-state index in [2.05, 4.69) is 96.0 Å². The average molecular weight is 661 g/mol. The first-order valence-electron chi connectivity index (χ1n) is 20.0. The predicted molar refractivity (Wildman–Crippen MR) is 210 cm³/mol. The van der Waals surface area contributed by atoms with Crippen molar-refractivity contribution in [2.75, 3.05) is 39.3 Å². The van der Waals surface area contributed by atoms with Crippen molar-refractivity contribution in [1.82, 2.24) is 19.8 Å². The van der Waals surface area contributed by atoms with Crippen LogP contribution in [0.5, 0.6) is 0 Å². The van der Waals surface area contributed by atoms with Crippen LogP contribution in [0.2, 0.25) is 0 Å². The molecule has 2 aliphatic heterocycles. The molecule has 8 rings (SSSR count). The molecule has 4 fully saturated rings. The first-order chi connectivity index (χ1) is 23.8. The monoisotopic (exact) mass is 661 g/mol. The van der Waals surface area contributed by atoms with Crippen molar-refractivity contribution in [3.05, 3.63) is 83.4 Å². The molecule has 0 N–H and O–H groups in total. The Balaban J connectivity index is 0.000000162. The zero-order valence-corrected chi connectivity index (χ0v) is 31.7. The second-order valence-corrected chi connectivity index (χ2v) is 16.4. The van der Waals surface area contributed by atoms with Gasteiger partial charge in [-0.3, -0.25) is 9.97 Å². The van der Waals surface area contributed by atoms with Crippen LogP contribution in [-0.4, -0.2) is 59.0 Å². The number of aromatic nitrogens is 2. The van der Waals surface area contributed by atoms with Gasteiger partial charge in [-0.05, 0) is 159 Å². The smallest absolute Gasteiger partial charge is 0.0507 e. The van der Waals surface area contributed by atoms with E-state index in [1.807, 2.05) is 26.2 Å². The highest BCUT2D eigenvalue weighted by Crippen LogP contribution is 2.53. The van der Waals surface area contributed by atoms with Crippen molar-refractivity contribution in [2.45, 2.75) is 124 Å². The van der Waals surface area contributed by atoms with E-state index < -0.39 is 0 Å². The largest absolute Gasteiger partial charge is 0.303 e. The Morgan fingerprint density at radius 3 is 1.51 bits per heavy atom. The van der Waals surface area contributed by atoms with Gasteiger partial charge in [0.1, 0.15) is 0 Å². The van der Waals surface area contributed by atoms with Crippen LogP contribution >= 0.6 is 0 Å². The summed E-state index contributed by atoms with van der Waals surface area (Å²) in [6.07, 6.45) is 19.2. The Labute approximate surface area is 298 Å². The first-order valence-corrected chi connectivity index (χ1v) is 20.0. The Morgan fingerprint density at radius 1 is 0.592 bits per heavy atom. The van der Waals surface area contributed by atoms with Gasteiger partial charge >= 0.3 is 0 Å². The van der Waals surface area contributed by atoms with Crippen molar-refractivity contribution in [2.24, 2.45) is 10.8 Å². The van der Waals surface area contributed by atoms with Gasteiger partial charge in [0.15, 0.2) is 0 Å². The highest BCUT2D eigenvalue weighted by Gasteiger charge is 2.46. The number of nitrogens with zero attached hydrogens (tertiary/aromatic N) is 4. The van der Waals surface area contributed by atoms with E-state index in [1.165, 1.54) is 154 Å². The van der Waals surface area contributed by atoms with Crippen molar-refractivity contribution in [3.8, 4) is 0 Å². The van der Waals surface area contributed by atoms with Gasteiger partial charge in [-0.1, -0.05) is 72.2 Å². The molecule has 0 amide bonds. The Kier molecular flexibility index (Phi) is 11.8. The van der Waals surface area contributed by atoms with E-state index >= 15 is 0 Å². The van der Waals surface area contributed by atoms with Crippen LogP contribution < -0.4 is 0 Å². The summed E-state index contributed by atoms with van der Waals surface area (Å²) in [5.41, 5.74) is 6.97. The number of rotatable bonds is 10. The summed E-state index contributed by atoms with van der Waals surface area (Å²) in [6, 6.07) is 18.2. The molecule has 4 nitrogen and oxygen atoms in total. The van der Waals surface area contributed by atoms with Crippen LogP contribution in [0.1, 0.15) is 134 Å². The zero-order valence-electron chi connectivity index (χ0n) is 31.7. The minimum atomic E-state index is 0.479. The molecule has 4 aromatic rings. The summed E-state index contributed by atoms with van der Waals surface area (Å²) in [5, 5.41) is 5.33. The summed E-state index contributed by atoms with van der Waals surface area (Å²) in [6.45, 7) is 20.9. The lowest BCUT2D eigenvalue weighted by atomic mass is 9.63. The van der Waals surface area contributed by atoms with Gasteiger partial charge in [-0.15, -0.1) is 0 Å². The summed E-state index contributed by atoms with van der Waals surface area (Å²) in [5.74, 6) is 0.959. The summed E-state index contributed by atoms with van der Waals surface area (Å²) < 4.78 is 0. The minimum Gasteiger partial charge on any atom is -0.303 e. The van der Waals surface area contributed by atoms with Crippen molar-refractivity contribution < 1.29 is 0 Å². The molecule has 49 heavy (non-hydrogen) atoms. The van der Waals surface area contributed by atoms with Crippen molar-refractivity contribution in [3.63, 3.8) is 0 Å². The maximum atomic E-state index is 4.61. The highest BCUT2D eigenvalue weighted by atomic mass is 15.2. The number of likely N-dealkylation sites (tertiary alicyclic amines) is 2. The van der Waals surface area contributed by atoms with Crippen LogP contribution in [-0.2, 0) is 12.8 Å². The summed E-state index contributed by atoms with van der Waals surface area (Å²) in [7, 11) is 0. The number of pyridine rings is 2. The summed E-state index contributed by atoms with van der Waals surface area (Å²) >= 11 is 0. The van der Waals surface area contributed by atoms with Gasteiger partial charge in [-0.2, -0.15) is 0 Å². The second kappa shape index (κ2) is 16.0. The molecule has 2 saturated carbocycles. The molecule has 2 spiro atoms. The van der Waals surface area contributed by atoms with Crippen molar-refractivity contribution in [1.29, 1.82) is 0 Å². The highest BCUT2D eigenvalue weighted by molar-refractivity contribution is 5.86. The fraction of sp³-hybridized carbons (Fsp3) is 0.600. The molecule has 0 radical (unpaired) electrons. The quantitative estimate of drug-likeness (QED) is 0.169. The fourth-order valence-electron chi connectivity index (χ4n) is 8.70. The van der Waals surface area contributed by atoms with Gasteiger partial charge in [0, 0.05) is 36.3 Å². The minimum absolute atomic E-state index is 0.479. The van der Waals surface area contributed by atoms with Crippen LogP contribution in [0.15, 0.2) is 60.9 Å². The Bertz CT molecular complexity index is 1650. The molecule has 2 aliphatic carbocycles. The maximum absolute atomic E-state index is 4.61. The van der Waals surface area contributed by atoms with E-state index in [0.717, 1.165) is 10.8 Å². The van der Waals surface area contributed by atoms with Gasteiger partial charge in [0.05, 0.1) is 11.4 Å². The number of hydrogen-bond acceptors (Lipinski definition) is 4. The van der Waals surface area contributed by atoms with Crippen LogP contribution in [0.25, 0.3) is 21.5 Å². The van der Waals surface area contributed by atoms with E-state index in [0.29, 0.717) is 11.8 Å². The third-order valence-corrected chi connectivity index (χ3v) is 12.1. The molecular weight excluding hydrogens is 597 g/mol. The third kappa shape index (κ3) is 8.74. The molecule has 264 valence electrons. The standard InChI is InChI=1S/C22H30N2.C21H28N2.C2H6/c1-17(2)21-20-16-18(5-6-19(20)7-12-23-21)4-3-13-24-14-10-22(8-9-22)11-15-24;1-16(2)20-19-13-17(6-7-18(19)8-11-22-20)5-3-12-23-14-21(15-23)9-4-10-21;1-2/h5-7,12,16-17H,3-4,8-11,13-15H2,1-2H3;6-8,11,13,16H,3-5,9-10,12,14-15H2,1-2H3;1-2H3. The molecule has 4 heterocycles. The van der Waals surface area contributed by atoms with Gasteiger partial charge in [-0.25, -0.2) is 0 Å². The van der Waals surface area contributed by atoms with E-state index in [4.69, 9.17) is 0 Å². The topological polar surface area (TPSA) is 32.3 Å². The molecule has 2 aromatic carbocycles. The molecule has 0 atom stereocenters. The zero-order chi connectivity index (χ0) is 34.4. The van der Waals surface area contributed by atoms with E-state index in [1.54, 1.807) is 0 Å². The number of benzene rings is 2. The number of piperidine rings is 1. The lowest BCUT2D eigenvalue weighted by Gasteiger charge is -2.56. The van der Waals surface area contributed by atoms with Gasteiger partial charge < -0.3 is 9.80 Å². The SMILES string of the molecule is CC.CC(C)c1nccc2ccc(CCCN3CC4(CCC4)C3)cc12.CC(C)c1nccc2ccc(CCCN3CCC4(CC3)CC4)cc12. The number of fused-ring (bicyclic) bond motifs is 2. The molecule has 2 aromatic heterocycles. The number of aryl methyl sites for hydroxylation is 2. The van der Waals surface area contributed by atoms with Gasteiger partial charge in [0.25, 0.3) is 0 Å². The Morgan fingerprint density at radius 2 is 1.08 bits per heavy atom. The van der Waals surface area contributed by atoms with E-state index in [9.17, 15) is 0 Å². The lowest BCUT2D eigenvalue weighted by Crippen LogP contribution is -2.59. The Hall–Kier alpha value is -2.82. The molecule has 0 bridgehead atoms. The molecule has 4 aliphatic rings. The van der Waals surface area contributed by atoms with Crippen LogP contribution in [0, 0.1) is 10.8 Å².